The Bertz CT molecular complexity index is 225. The Morgan fingerprint density at radius 1 is 1.00 bits per heavy atom. The Kier molecular flexibility index (Phi) is 9.97. The molecule has 0 bridgehead atoms. The molecule has 0 N–H and O–H groups in total. The third-order valence-corrected chi connectivity index (χ3v) is 4.66. The molecular formula is C12H23NO2S2. The van der Waals surface area contributed by atoms with E-state index in [-0.39, 0.29) is 10.2 Å². The van der Waals surface area contributed by atoms with Crippen LogP contribution in [0.25, 0.3) is 0 Å². The molecule has 0 unspecified atom stereocenters. The van der Waals surface area contributed by atoms with Crippen LogP contribution in [0.3, 0.4) is 0 Å². The Hall–Kier alpha value is -0.0000000000000000763. The van der Waals surface area contributed by atoms with Gasteiger partial charge in [0.1, 0.15) is 0 Å². The zero-order valence-corrected chi connectivity index (χ0v) is 12.8. The molecule has 100 valence electrons. The molecule has 0 aliphatic heterocycles. The minimum absolute atomic E-state index is 0.237. The van der Waals surface area contributed by atoms with Crippen LogP contribution in [0, 0.1) is 5.92 Å². The topological polar surface area (TPSA) is 37.4 Å². The van der Waals surface area contributed by atoms with Gasteiger partial charge in [0.05, 0.1) is 0 Å². The molecule has 0 aromatic rings. The van der Waals surface area contributed by atoms with Crippen molar-refractivity contribution in [3.63, 3.8) is 0 Å². The van der Waals surface area contributed by atoms with Crippen molar-refractivity contribution < 1.29 is 9.59 Å². The molecule has 3 nitrogen and oxygen atoms in total. The molecule has 0 saturated carbocycles. The molecule has 0 aliphatic rings. The number of rotatable bonds is 8. The Morgan fingerprint density at radius 3 is 1.71 bits per heavy atom. The van der Waals surface area contributed by atoms with Gasteiger partial charge in [-0.3, -0.25) is 9.59 Å². The van der Waals surface area contributed by atoms with E-state index in [1.54, 1.807) is 0 Å². The summed E-state index contributed by atoms with van der Waals surface area (Å²) in [6, 6.07) is 0. The van der Waals surface area contributed by atoms with Crippen LogP contribution in [-0.2, 0) is 9.59 Å². The lowest BCUT2D eigenvalue weighted by molar-refractivity contribution is -0.111. The summed E-state index contributed by atoms with van der Waals surface area (Å²) in [7, 11) is 4.04. The van der Waals surface area contributed by atoms with E-state index < -0.39 is 0 Å². The third kappa shape index (κ3) is 9.68. The largest absolute Gasteiger partial charge is 0.309 e. The highest BCUT2D eigenvalue weighted by Crippen LogP contribution is 2.18. The van der Waals surface area contributed by atoms with Crippen molar-refractivity contribution in [2.24, 2.45) is 5.92 Å². The van der Waals surface area contributed by atoms with Gasteiger partial charge in [0.2, 0.25) is 0 Å². The van der Waals surface area contributed by atoms with Crippen LogP contribution in [-0.4, -0.2) is 47.3 Å². The van der Waals surface area contributed by atoms with Crippen molar-refractivity contribution in [3.8, 4) is 0 Å². The summed E-state index contributed by atoms with van der Waals surface area (Å²) in [5.41, 5.74) is 0. The van der Waals surface area contributed by atoms with Crippen LogP contribution in [0.2, 0.25) is 0 Å². The molecule has 0 aliphatic carbocycles. The first-order chi connectivity index (χ1) is 7.99. The molecule has 0 radical (unpaired) electrons. The Balaban J connectivity index is 4.04. The van der Waals surface area contributed by atoms with Gasteiger partial charge in [-0.1, -0.05) is 37.4 Å². The van der Waals surface area contributed by atoms with Crippen molar-refractivity contribution >= 4 is 33.8 Å². The van der Waals surface area contributed by atoms with E-state index in [0.29, 0.717) is 18.8 Å². The van der Waals surface area contributed by atoms with E-state index in [4.69, 9.17) is 0 Å². The minimum atomic E-state index is 0.237. The van der Waals surface area contributed by atoms with Crippen molar-refractivity contribution in [1.82, 2.24) is 4.90 Å². The molecule has 0 aromatic heterocycles. The second-order valence-corrected chi connectivity index (χ2v) is 6.36. The molecular weight excluding hydrogens is 254 g/mol. The molecule has 17 heavy (non-hydrogen) atoms. The fourth-order valence-electron chi connectivity index (χ4n) is 1.30. The highest BCUT2D eigenvalue weighted by Gasteiger charge is 2.14. The third-order valence-electron chi connectivity index (χ3n) is 2.16. The van der Waals surface area contributed by atoms with E-state index >= 15 is 0 Å². The SMILES string of the molecule is CCC(=O)SCC(CSC(=O)CC)CN(C)C. The second kappa shape index (κ2) is 9.97. The molecule has 0 heterocycles. The average Bonchev–Trinajstić information content (AvgIpc) is 2.30. The van der Waals surface area contributed by atoms with Gasteiger partial charge >= 0.3 is 0 Å². The quantitative estimate of drug-likeness (QED) is 0.681. The monoisotopic (exact) mass is 277 g/mol. The summed E-state index contributed by atoms with van der Waals surface area (Å²) >= 11 is 2.79. The van der Waals surface area contributed by atoms with Crippen molar-refractivity contribution in [2.45, 2.75) is 26.7 Å². The molecule has 0 spiro atoms. The van der Waals surface area contributed by atoms with Gasteiger partial charge < -0.3 is 4.90 Å². The van der Waals surface area contributed by atoms with Crippen molar-refractivity contribution in [3.05, 3.63) is 0 Å². The van der Waals surface area contributed by atoms with E-state index in [1.165, 1.54) is 23.5 Å². The molecule has 0 aromatic carbocycles. The van der Waals surface area contributed by atoms with Gasteiger partial charge in [-0.2, -0.15) is 0 Å². The van der Waals surface area contributed by atoms with Crippen molar-refractivity contribution in [1.29, 1.82) is 0 Å². The van der Waals surface area contributed by atoms with E-state index in [0.717, 1.165) is 18.1 Å². The molecule has 5 heteroatoms. The number of hydrogen-bond donors (Lipinski definition) is 0. The lowest BCUT2D eigenvalue weighted by atomic mass is 10.2. The zero-order valence-electron chi connectivity index (χ0n) is 11.2. The van der Waals surface area contributed by atoms with Crippen LogP contribution >= 0.6 is 23.5 Å². The van der Waals surface area contributed by atoms with Crippen LogP contribution in [0.15, 0.2) is 0 Å². The smallest absolute Gasteiger partial charge is 0.188 e. The van der Waals surface area contributed by atoms with Gasteiger partial charge in [0.15, 0.2) is 10.2 Å². The summed E-state index contributed by atoms with van der Waals surface area (Å²) in [6.07, 6.45) is 1.17. The van der Waals surface area contributed by atoms with E-state index in [2.05, 4.69) is 4.90 Å². The highest BCUT2D eigenvalue weighted by atomic mass is 32.2. The Morgan fingerprint density at radius 2 is 1.41 bits per heavy atom. The summed E-state index contributed by atoms with van der Waals surface area (Å²) in [4.78, 5) is 24.7. The second-order valence-electron chi connectivity index (χ2n) is 4.20. The highest BCUT2D eigenvalue weighted by molar-refractivity contribution is 8.14. The maximum Gasteiger partial charge on any atom is 0.188 e. The fourth-order valence-corrected chi connectivity index (χ4v) is 3.14. The number of carbonyl (C=O) groups excluding carboxylic acids is 2. The van der Waals surface area contributed by atoms with E-state index in [1.807, 2.05) is 27.9 Å². The van der Waals surface area contributed by atoms with Gasteiger partial charge in [-0.25, -0.2) is 0 Å². The van der Waals surface area contributed by atoms with Gasteiger partial charge in [-0.05, 0) is 20.0 Å². The summed E-state index contributed by atoms with van der Waals surface area (Å²) in [5, 5.41) is 0.473. The first kappa shape index (κ1) is 17.0. The maximum atomic E-state index is 11.3. The standard InChI is InChI=1S/C12H23NO2S2/c1-5-11(14)16-8-10(7-13(3)4)9-17-12(15)6-2/h10H,5-9H2,1-4H3. The normalized spacial score (nSPS) is 11.2. The van der Waals surface area contributed by atoms with Crippen LogP contribution in [0.5, 0.6) is 0 Å². The summed E-state index contributed by atoms with van der Waals surface area (Å²) < 4.78 is 0. The number of carbonyl (C=O) groups is 2. The van der Waals surface area contributed by atoms with Crippen molar-refractivity contribution in [2.75, 3.05) is 32.1 Å². The molecule has 0 fully saturated rings. The average molecular weight is 277 g/mol. The number of hydrogen-bond acceptors (Lipinski definition) is 5. The van der Waals surface area contributed by atoms with E-state index in [9.17, 15) is 9.59 Å². The summed E-state index contributed by atoms with van der Waals surface area (Å²) in [5.74, 6) is 2.02. The minimum Gasteiger partial charge on any atom is -0.309 e. The van der Waals surface area contributed by atoms with Crippen LogP contribution < -0.4 is 0 Å². The molecule has 0 amide bonds. The lowest BCUT2D eigenvalue weighted by Crippen LogP contribution is -2.25. The predicted molar refractivity (Wildman–Crippen MR) is 77.6 cm³/mol. The molecule has 0 rings (SSSR count). The number of nitrogens with zero attached hydrogens (tertiary/aromatic N) is 1. The Labute approximate surface area is 113 Å². The fraction of sp³-hybridized carbons (Fsp3) is 0.833. The number of thioether (sulfide) groups is 2. The van der Waals surface area contributed by atoms with Gasteiger partial charge in [-0.15, -0.1) is 0 Å². The lowest BCUT2D eigenvalue weighted by Gasteiger charge is -2.19. The first-order valence-electron chi connectivity index (χ1n) is 5.95. The molecule has 0 saturated heterocycles. The van der Waals surface area contributed by atoms with Gasteiger partial charge in [0.25, 0.3) is 0 Å². The zero-order chi connectivity index (χ0) is 13.3. The predicted octanol–water partition coefficient (Wildman–Crippen LogP) is 2.50. The maximum absolute atomic E-state index is 11.3. The summed E-state index contributed by atoms with van der Waals surface area (Å²) in [6.45, 7) is 4.69. The molecule has 0 atom stereocenters. The van der Waals surface area contributed by atoms with Crippen LogP contribution in [0.4, 0.5) is 0 Å². The van der Waals surface area contributed by atoms with Crippen LogP contribution in [0.1, 0.15) is 26.7 Å². The first-order valence-corrected chi connectivity index (χ1v) is 7.92. The van der Waals surface area contributed by atoms with Gasteiger partial charge in [0, 0.05) is 30.9 Å².